The molecule has 0 radical (unpaired) electrons. The fourth-order valence-electron chi connectivity index (χ4n) is 5.56. The molecule has 0 bridgehead atoms. The monoisotopic (exact) mass is 511 g/mol. The van der Waals surface area contributed by atoms with Crippen LogP contribution in [0.2, 0.25) is 0 Å². The Morgan fingerprint density at radius 3 is 2.19 bits per heavy atom. The second kappa shape index (κ2) is 9.64. The number of anilines is 3. The van der Waals surface area contributed by atoms with E-state index in [0.717, 1.165) is 48.9 Å². The number of carbonyl (C=O) groups excluding carboxylic acids is 1. The highest BCUT2D eigenvalue weighted by atomic mass is 35.5. The molecule has 6 heteroatoms. The highest BCUT2D eigenvalue weighted by molar-refractivity contribution is 6.37. The van der Waals surface area contributed by atoms with Gasteiger partial charge in [0.2, 0.25) is 5.91 Å². The van der Waals surface area contributed by atoms with E-state index in [2.05, 4.69) is 77.4 Å². The third-order valence-electron chi connectivity index (χ3n) is 7.58. The first-order valence-corrected chi connectivity index (χ1v) is 13.2. The van der Waals surface area contributed by atoms with E-state index in [9.17, 15) is 4.79 Å². The summed E-state index contributed by atoms with van der Waals surface area (Å²) in [5.74, 6) is 0.690. The molecular weight excluding hydrogens is 482 g/mol. The van der Waals surface area contributed by atoms with Crippen LogP contribution >= 0.6 is 11.6 Å². The van der Waals surface area contributed by atoms with Gasteiger partial charge in [0.05, 0.1) is 13.2 Å². The molecule has 188 valence electrons. The van der Waals surface area contributed by atoms with Crippen molar-refractivity contribution in [2.24, 2.45) is 0 Å². The first kappa shape index (κ1) is 23.7. The van der Waals surface area contributed by atoms with Crippen LogP contribution in [0, 0.1) is 6.92 Å². The van der Waals surface area contributed by atoms with Crippen molar-refractivity contribution < 1.29 is 9.53 Å². The molecule has 2 aliphatic rings. The number of alkyl halides is 1. The van der Waals surface area contributed by atoms with Crippen molar-refractivity contribution in [1.29, 1.82) is 0 Å². The highest BCUT2D eigenvalue weighted by Crippen LogP contribution is 2.46. The summed E-state index contributed by atoms with van der Waals surface area (Å²) >= 11 is 6.76. The topological polar surface area (TPSA) is 36.0 Å². The third kappa shape index (κ3) is 4.27. The van der Waals surface area contributed by atoms with Crippen molar-refractivity contribution in [3.63, 3.8) is 0 Å². The summed E-state index contributed by atoms with van der Waals surface area (Å²) in [4.78, 5) is 19.8. The lowest BCUT2D eigenvalue weighted by atomic mass is 9.88. The zero-order chi connectivity index (χ0) is 25.5. The zero-order valence-electron chi connectivity index (χ0n) is 21.1. The van der Waals surface area contributed by atoms with Crippen molar-refractivity contribution in [3.05, 3.63) is 96.1 Å². The lowest BCUT2D eigenvalue weighted by Gasteiger charge is -2.47. The lowest BCUT2D eigenvalue weighted by Crippen LogP contribution is -2.57. The predicted octanol–water partition coefficient (Wildman–Crippen LogP) is 6.18. The number of methoxy groups -OCH3 is 1. The van der Waals surface area contributed by atoms with Crippen molar-refractivity contribution in [2.45, 2.75) is 18.3 Å². The van der Waals surface area contributed by atoms with Crippen LogP contribution in [0.1, 0.15) is 17.2 Å². The standard InChI is InChI=1S/C31H30ClN3O2/c1-21-8-9-22-20-28(34-16-14-33(15-17-34)24-6-4-3-5-7-24)27(19-23(22)18-21)30-29(32)31(36)35(30)25-10-12-26(37-2)13-11-25/h3-13,18-20,29-30H,14-17H2,1-2H3/t29-,30-/m1/s1. The Kier molecular flexibility index (Phi) is 6.17. The van der Waals surface area contributed by atoms with Crippen molar-refractivity contribution >= 4 is 45.3 Å². The summed E-state index contributed by atoms with van der Waals surface area (Å²) in [6, 6.07) is 29.0. The van der Waals surface area contributed by atoms with E-state index < -0.39 is 5.38 Å². The number of ether oxygens (including phenoxy) is 1. The summed E-state index contributed by atoms with van der Waals surface area (Å²) < 4.78 is 5.32. The number of aryl methyl sites for hydroxylation is 1. The molecule has 0 unspecified atom stereocenters. The highest BCUT2D eigenvalue weighted by Gasteiger charge is 2.49. The van der Waals surface area contributed by atoms with Crippen molar-refractivity contribution in [2.75, 3.05) is 48.0 Å². The minimum atomic E-state index is -0.603. The van der Waals surface area contributed by atoms with E-state index in [0.29, 0.717) is 0 Å². The SMILES string of the molecule is COc1ccc(N2C(=O)[C@H](Cl)[C@H]2c2cc3cc(C)ccc3cc2N2CCN(c3ccccc3)CC2)cc1. The summed E-state index contributed by atoms with van der Waals surface area (Å²) in [5, 5.41) is 1.76. The molecule has 4 aromatic rings. The predicted molar refractivity (Wildman–Crippen MR) is 152 cm³/mol. The smallest absolute Gasteiger partial charge is 0.248 e. The molecule has 0 aliphatic carbocycles. The van der Waals surface area contributed by atoms with E-state index in [1.165, 1.54) is 22.0 Å². The van der Waals surface area contributed by atoms with Gasteiger partial charge in [-0.05, 0) is 66.2 Å². The first-order valence-electron chi connectivity index (χ1n) is 12.7. The van der Waals surface area contributed by atoms with E-state index in [1.807, 2.05) is 29.2 Å². The van der Waals surface area contributed by atoms with Gasteiger partial charge in [0.1, 0.15) is 11.1 Å². The van der Waals surface area contributed by atoms with Gasteiger partial charge in [-0.15, -0.1) is 11.6 Å². The Labute approximate surface area is 222 Å². The van der Waals surface area contributed by atoms with E-state index >= 15 is 0 Å². The van der Waals surface area contributed by atoms with Gasteiger partial charge in [-0.2, -0.15) is 0 Å². The van der Waals surface area contributed by atoms with Gasteiger partial charge in [-0.25, -0.2) is 0 Å². The van der Waals surface area contributed by atoms with E-state index in [4.69, 9.17) is 16.3 Å². The van der Waals surface area contributed by atoms with Crippen LogP contribution < -0.4 is 19.4 Å². The fourth-order valence-corrected chi connectivity index (χ4v) is 5.91. The number of carbonyl (C=O) groups is 1. The number of β-lactam (4-membered cyclic amide) rings is 1. The molecule has 2 fully saturated rings. The lowest BCUT2D eigenvalue weighted by molar-refractivity contribution is -0.123. The molecule has 0 spiro atoms. The van der Waals surface area contributed by atoms with E-state index in [1.54, 1.807) is 7.11 Å². The number of fused-ring (bicyclic) bond motifs is 1. The zero-order valence-corrected chi connectivity index (χ0v) is 21.9. The number of piperazine rings is 1. The van der Waals surface area contributed by atoms with Gasteiger partial charge in [0.25, 0.3) is 0 Å². The third-order valence-corrected chi connectivity index (χ3v) is 8.01. The molecule has 2 atom stereocenters. The minimum absolute atomic E-state index is 0.0685. The van der Waals surface area contributed by atoms with Gasteiger partial charge in [0.15, 0.2) is 0 Å². The molecule has 0 saturated carbocycles. The number of hydrogen-bond donors (Lipinski definition) is 0. The number of benzene rings is 4. The van der Waals surface area contributed by atoms with Crippen LogP contribution in [0.5, 0.6) is 5.75 Å². The number of amides is 1. The van der Waals surface area contributed by atoms with Gasteiger partial charge < -0.3 is 19.4 Å². The van der Waals surface area contributed by atoms with Crippen LogP contribution in [0.25, 0.3) is 10.8 Å². The molecule has 37 heavy (non-hydrogen) atoms. The molecule has 0 N–H and O–H groups in total. The van der Waals surface area contributed by atoms with Crippen molar-refractivity contribution in [3.8, 4) is 5.75 Å². The summed E-state index contributed by atoms with van der Waals surface area (Å²) in [7, 11) is 1.64. The van der Waals surface area contributed by atoms with Gasteiger partial charge in [-0.3, -0.25) is 4.79 Å². The molecular formula is C31H30ClN3O2. The average molecular weight is 512 g/mol. The van der Waals surface area contributed by atoms with Crippen LogP contribution in [0.4, 0.5) is 17.1 Å². The van der Waals surface area contributed by atoms with Crippen LogP contribution in [0.3, 0.4) is 0 Å². The molecule has 5 nitrogen and oxygen atoms in total. The van der Waals surface area contributed by atoms with Crippen LogP contribution in [0.15, 0.2) is 84.9 Å². The van der Waals surface area contributed by atoms with Gasteiger partial charge in [0, 0.05) is 48.8 Å². The maximum atomic E-state index is 13.0. The molecule has 6 rings (SSSR count). The minimum Gasteiger partial charge on any atom is -0.497 e. The number of hydrogen-bond acceptors (Lipinski definition) is 4. The Morgan fingerprint density at radius 1 is 0.784 bits per heavy atom. The normalized spacial score (nSPS) is 19.8. The first-order chi connectivity index (χ1) is 18.0. The molecule has 4 aromatic carbocycles. The Balaban J connectivity index is 1.38. The molecule has 2 saturated heterocycles. The number of para-hydroxylation sites is 1. The Morgan fingerprint density at radius 2 is 1.49 bits per heavy atom. The number of nitrogens with zero attached hydrogens (tertiary/aromatic N) is 3. The maximum absolute atomic E-state index is 13.0. The Bertz CT molecular complexity index is 1430. The summed E-state index contributed by atoms with van der Waals surface area (Å²) in [6.45, 7) is 5.78. The quantitative estimate of drug-likeness (QED) is 0.237. The maximum Gasteiger partial charge on any atom is 0.248 e. The van der Waals surface area contributed by atoms with Crippen LogP contribution in [-0.4, -0.2) is 44.6 Å². The molecule has 2 heterocycles. The summed E-state index contributed by atoms with van der Waals surface area (Å²) in [5.41, 5.74) is 5.55. The van der Waals surface area contributed by atoms with Gasteiger partial charge >= 0.3 is 0 Å². The largest absolute Gasteiger partial charge is 0.497 e. The second-order valence-corrected chi connectivity index (χ2v) is 10.3. The number of rotatable bonds is 5. The van der Waals surface area contributed by atoms with E-state index in [-0.39, 0.29) is 11.9 Å². The van der Waals surface area contributed by atoms with Crippen molar-refractivity contribution in [1.82, 2.24) is 0 Å². The second-order valence-electron chi connectivity index (χ2n) is 9.82. The average Bonchev–Trinajstić information content (AvgIpc) is 2.95. The van der Waals surface area contributed by atoms with Crippen LogP contribution in [-0.2, 0) is 4.79 Å². The summed E-state index contributed by atoms with van der Waals surface area (Å²) in [6.07, 6.45) is 0. The Hall–Kier alpha value is -3.70. The molecule has 0 aromatic heterocycles. The molecule has 2 aliphatic heterocycles. The fraction of sp³-hybridized carbons (Fsp3) is 0.258. The molecule has 1 amide bonds. The number of halogens is 1. The van der Waals surface area contributed by atoms with Gasteiger partial charge in [-0.1, -0.05) is 42.0 Å².